The third kappa shape index (κ3) is 10.3. The van der Waals surface area contributed by atoms with E-state index in [-0.39, 0.29) is 37.3 Å². The molecule has 56 heavy (non-hydrogen) atoms. The number of oxime groups is 1. The van der Waals surface area contributed by atoms with Crippen LogP contribution in [0.3, 0.4) is 0 Å². The maximum atomic E-state index is 14.7. The highest BCUT2D eigenvalue weighted by molar-refractivity contribution is 6.38. The van der Waals surface area contributed by atoms with Crippen molar-refractivity contribution in [1.29, 1.82) is 0 Å². The molecular formula is C42H60ClN5O8. The maximum absolute atomic E-state index is 14.7. The van der Waals surface area contributed by atoms with E-state index < -0.39 is 52.6 Å². The van der Waals surface area contributed by atoms with Gasteiger partial charge < -0.3 is 34.7 Å². The van der Waals surface area contributed by atoms with Gasteiger partial charge in [-0.3, -0.25) is 24.0 Å². The highest BCUT2D eigenvalue weighted by atomic mass is 35.5. The number of likely N-dealkylation sites (tertiary alicyclic amines) is 2. The number of hydrogen-bond donors (Lipinski definition) is 2. The largest absolute Gasteiger partial charge is 0.387 e. The SMILES string of the molecule is CCCC[C@H](NC(=O)[C@@H]1C[C@]2(CC(c3cccc(Cl)c3)=NO2)CN1C(=O)[C@@H](NC(=O)CC1CCCCC1)C(C)(C)C)C(=O)C(=O)N1CC(OCC2CCOC2)C1. The summed E-state index contributed by atoms with van der Waals surface area (Å²) in [5.74, 6) is -1.86. The minimum atomic E-state index is -1.07. The Hall–Kier alpha value is -3.55. The van der Waals surface area contributed by atoms with Gasteiger partial charge in [0.2, 0.25) is 23.5 Å². The van der Waals surface area contributed by atoms with Gasteiger partial charge in [-0.2, -0.15) is 0 Å². The number of carbonyl (C=O) groups excluding carboxylic acids is 5. The average molecular weight is 798 g/mol. The van der Waals surface area contributed by atoms with Crippen molar-refractivity contribution in [3.8, 4) is 0 Å². The molecule has 5 aliphatic rings. The van der Waals surface area contributed by atoms with E-state index in [1.54, 1.807) is 12.1 Å². The summed E-state index contributed by atoms with van der Waals surface area (Å²) in [6.45, 7) is 10.3. The van der Waals surface area contributed by atoms with E-state index in [4.69, 9.17) is 25.9 Å². The minimum absolute atomic E-state index is 0.0389. The highest BCUT2D eigenvalue weighted by Gasteiger charge is 2.56. The van der Waals surface area contributed by atoms with Crippen molar-refractivity contribution in [3.05, 3.63) is 34.9 Å². The topological polar surface area (TPSA) is 156 Å². The smallest absolute Gasteiger partial charge is 0.292 e. The molecule has 4 heterocycles. The number of ketones is 1. The van der Waals surface area contributed by atoms with Crippen molar-refractivity contribution >= 4 is 46.7 Å². The van der Waals surface area contributed by atoms with Crippen LogP contribution < -0.4 is 10.6 Å². The van der Waals surface area contributed by atoms with Crippen molar-refractivity contribution in [2.24, 2.45) is 22.4 Å². The molecule has 4 amide bonds. The summed E-state index contributed by atoms with van der Waals surface area (Å²) in [6.07, 6.45) is 8.57. The van der Waals surface area contributed by atoms with E-state index in [0.717, 1.165) is 50.7 Å². The number of amides is 4. The quantitative estimate of drug-likeness (QED) is 0.240. The van der Waals surface area contributed by atoms with Crippen molar-refractivity contribution in [3.63, 3.8) is 0 Å². The number of nitrogens with zero attached hydrogens (tertiary/aromatic N) is 3. The van der Waals surface area contributed by atoms with Gasteiger partial charge in [-0.15, -0.1) is 0 Å². The van der Waals surface area contributed by atoms with Crippen LogP contribution in [0.15, 0.2) is 29.4 Å². The van der Waals surface area contributed by atoms with Crippen LogP contribution in [0.1, 0.15) is 110 Å². The number of nitrogens with one attached hydrogen (secondary N) is 2. The predicted octanol–water partition coefficient (Wildman–Crippen LogP) is 4.81. The number of rotatable bonds is 15. The van der Waals surface area contributed by atoms with Gasteiger partial charge in [0.25, 0.3) is 5.91 Å². The van der Waals surface area contributed by atoms with E-state index in [1.807, 2.05) is 39.8 Å². The summed E-state index contributed by atoms with van der Waals surface area (Å²) in [5, 5.41) is 10.9. The zero-order chi connectivity index (χ0) is 40.0. The fraction of sp³-hybridized carbons (Fsp3) is 0.714. The maximum Gasteiger partial charge on any atom is 0.292 e. The van der Waals surface area contributed by atoms with Gasteiger partial charge >= 0.3 is 0 Å². The van der Waals surface area contributed by atoms with E-state index >= 15 is 0 Å². The van der Waals surface area contributed by atoms with Crippen LogP contribution in [0.2, 0.25) is 5.02 Å². The van der Waals surface area contributed by atoms with Crippen molar-refractivity contribution in [2.75, 3.05) is 39.5 Å². The number of benzene rings is 1. The molecule has 1 unspecified atom stereocenters. The standard InChI is InChI=1S/C42H60ClN5O8/c1-5-6-15-32(36(50)39(52)47-22-31(23-47)55-25-28-16-17-54-24-28)44-38(51)34-21-42(20-33(46-56-42)29-13-10-14-30(43)19-29)26-48(34)40(53)37(41(2,3)4)45-35(49)18-27-11-8-7-9-12-27/h10,13-14,19,27-28,31-32,34,37H,5-9,11-12,15-18,20-26H2,1-4H3,(H,44,51)(H,45,49)/t28?,32-,34-,37+,42+/m0/s1. The molecule has 13 nitrogen and oxygen atoms in total. The summed E-state index contributed by atoms with van der Waals surface area (Å²) in [4.78, 5) is 79.0. The van der Waals surface area contributed by atoms with Gasteiger partial charge in [-0.05, 0) is 49.1 Å². The first kappa shape index (κ1) is 42.1. The molecule has 0 radical (unpaired) electrons. The molecule has 4 aliphatic heterocycles. The molecule has 4 fully saturated rings. The second kappa shape index (κ2) is 18.4. The van der Waals surface area contributed by atoms with E-state index in [1.165, 1.54) is 16.2 Å². The zero-order valence-electron chi connectivity index (χ0n) is 33.5. The third-order valence-electron chi connectivity index (χ3n) is 12.0. The molecule has 3 saturated heterocycles. The molecule has 1 saturated carbocycles. The Morgan fingerprint density at radius 2 is 1.82 bits per heavy atom. The first-order valence-electron chi connectivity index (χ1n) is 20.7. The van der Waals surface area contributed by atoms with Crippen molar-refractivity contribution in [2.45, 2.75) is 135 Å². The third-order valence-corrected chi connectivity index (χ3v) is 12.3. The van der Waals surface area contributed by atoms with Gasteiger partial charge in [0.15, 0.2) is 5.60 Å². The van der Waals surface area contributed by atoms with E-state index in [0.29, 0.717) is 62.2 Å². The zero-order valence-corrected chi connectivity index (χ0v) is 34.2. The second-order valence-corrected chi connectivity index (χ2v) is 18.2. The number of halogens is 1. The molecule has 0 aromatic heterocycles. The summed E-state index contributed by atoms with van der Waals surface area (Å²) < 4.78 is 11.4. The number of hydrogen-bond acceptors (Lipinski definition) is 9. The van der Waals surface area contributed by atoms with Crippen LogP contribution in [-0.2, 0) is 38.3 Å². The summed E-state index contributed by atoms with van der Waals surface area (Å²) in [7, 11) is 0. The molecule has 6 rings (SSSR count). The first-order chi connectivity index (χ1) is 26.7. The van der Waals surface area contributed by atoms with Gasteiger partial charge in [0.05, 0.1) is 37.6 Å². The van der Waals surface area contributed by atoms with E-state index in [9.17, 15) is 24.0 Å². The fourth-order valence-corrected chi connectivity index (χ4v) is 8.78. The summed E-state index contributed by atoms with van der Waals surface area (Å²) in [6, 6.07) is 4.21. The minimum Gasteiger partial charge on any atom is -0.387 e. The molecule has 14 heteroatoms. The number of Topliss-reactive ketones (excluding diaryl/α,β-unsaturated/α-hetero) is 1. The van der Waals surface area contributed by atoms with Crippen LogP contribution in [0.25, 0.3) is 0 Å². The molecule has 1 aliphatic carbocycles. The lowest BCUT2D eigenvalue weighted by atomic mass is 9.84. The van der Waals surface area contributed by atoms with Gasteiger partial charge in [0, 0.05) is 55.5 Å². The van der Waals surface area contributed by atoms with Gasteiger partial charge in [0.1, 0.15) is 12.1 Å². The Morgan fingerprint density at radius 1 is 1.05 bits per heavy atom. The monoisotopic (exact) mass is 797 g/mol. The molecule has 0 bridgehead atoms. The van der Waals surface area contributed by atoms with E-state index in [2.05, 4.69) is 15.8 Å². The second-order valence-electron chi connectivity index (χ2n) is 17.7. The van der Waals surface area contributed by atoms with Crippen molar-refractivity contribution in [1.82, 2.24) is 20.4 Å². The normalized spacial score (nSPS) is 25.3. The fourth-order valence-electron chi connectivity index (χ4n) is 8.59. The Kier molecular flexibility index (Phi) is 13.8. The lowest BCUT2D eigenvalue weighted by Gasteiger charge is -2.39. The Balaban J connectivity index is 1.18. The van der Waals surface area contributed by atoms with Crippen LogP contribution in [0.5, 0.6) is 0 Å². The first-order valence-corrected chi connectivity index (χ1v) is 21.1. The number of unbranched alkanes of at least 4 members (excludes halogenated alkanes) is 1. The number of ether oxygens (including phenoxy) is 2. The van der Waals surface area contributed by atoms with Crippen LogP contribution in [-0.4, -0.2) is 114 Å². The molecular weight excluding hydrogens is 738 g/mol. The number of carbonyl (C=O) groups is 5. The van der Waals surface area contributed by atoms with Crippen LogP contribution in [0, 0.1) is 17.3 Å². The Bertz CT molecular complexity index is 1630. The Labute approximate surface area is 335 Å². The average Bonchev–Trinajstić information content (AvgIpc) is 3.92. The lowest BCUT2D eigenvalue weighted by Crippen LogP contribution is -2.61. The lowest BCUT2D eigenvalue weighted by molar-refractivity contribution is -0.156. The van der Waals surface area contributed by atoms with Gasteiger partial charge in [-0.25, -0.2) is 0 Å². The van der Waals surface area contributed by atoms with Crippen LogP contribution in [0.4, 0.5) is 0 Å². The van der Waals surface area contributed by atoms with Crippen LogP contribution >= 0.6 is 11.6 Å². The molecule has 1 spiro atoms. The summed E-state index contributed by atoms with van der Waals surface area (Å²) in [5.41, 5.74) is -0.299. The molecule has 2 N–H and O–H groups in total. The summed E-state index contributed by atoms with van der Waals surface area (Å²) >= 11 is 6.29. The molecule has 1 aromatic rings. The van der Waals surface area contributed by atoms with Gasteiger partial charge in [-0.1, -0.05) is 88.7 Å². The highest BCUT2D eigenvalue weighted by Crippen LogP contribution is 2.40. The molecule has 1 aromatic carbocycles. The van der Waals surface area contributed by atoms with Crippen molar-refractivity contribution < 1.29 is 38.3 Å². The molecule has 308 valence electrons. The molecule has 5 atom stereocenters. The predicted molar refractivity (Wildman–Crippen MR) is 211 cm³/mol. The Morgan fingerprint density at radius 3 is 2.50 bits per heavy atom.